The first-order valence-electron chi connectivity index (χ1n) is 29.2. The molecular weight excluding hydrogens is 1050 g/mol. The lowest BCUT2D eigenvalue weighted by Gasteiger charge is -2.42. The highest BCUT2D eigenvalue weighted by molar-refractivity contribution is 5.86. The SMILES string of the molecule is c1ccc(-c2nc(-c3ccc(-n4c(-c5ccccc5)nc5ccccc54)cc3)cc(-c3ccc4c(c3)C3c5ccccc5C4c4cc(-c5cc(-c6ccc(-n7c(-c8ccccc8)nc8ccccc87)cc6)nc(-c6ccccc6)n5)ccc43)n2)cc1. The van der Waals surface area contributed by atoms with Crippen molar-refractivity contribution in [2.45, 2.75) is 11.8 Å². The van der Waals surface area contributed by atoms with Crippen molar-refractivity contribution >= 4 is 22.1 Å². The zero-order valence-corrected chi connectivity index (χ0v) is 46.4. The van der Waals surface area contributed by atoms with Crippen LogP contribution in [-0.4, -0.2) is 39.0 Å². The maximum absolute atomic E-state index is 5.34. The first-order chi connectivity index (χ1) is 42.6. The Balaban J connectivity index is 0.742. The number of benzene rings is 11. The molecule has 0 N–H and O–H groups in total. The lowest BCUT2D eigenvalue weighted by molar-refractivity contribution is 0.755. The number of hydrogen-bond donors (Lipinski definition) is 0. The molecule has 3 aliphatic rings. The average molecular weight is 1100 g/mol. The van der Waals surface area contributed by atoms with Gasteiger partial charge < -0.3 is 0 Å². The van der Waals surface area contributed by atoms with Gasteiger partial charge in [-0.3, -0.25) is 9.13 Å². The Labute approximate surface area is 496 Å². The summed E-state index contributed by atoms with van der Waals surface area (Å²) >= 11 is 0. The van der Waals surface area contributed by atoms with E-state index in [-0.39, 0.29) is 11.8 Å². The molecular formula is C78H50N8. The molecule has 8 nitrogen and oxygen atoms in total. The van der Waals surface area contributed by atoms with Crippen LogP contribution in [0.5, 0.6) is 0 Å². The molecule has 18 rings (SSSR count). The maximum atomic E-state index is 5.34. The molecule has 2 unspecified atom stereocenters. The highest BCUT2D eigenvalue weighted by Gasteiger charge is 2.41. The Morgan fingerprint density at radius 3 is 0.930 bits per heavy atom. The molecule has 15 aromatic rings. The first kappa shape index (κ1) is 49.2. The molecule has 8 heteroatoms. The monoisotopic (exact) mass is 1100 g/mol. The summed E-state index contributed by atoms with van der Waals surface area (Å²) in [4.78, 5) is 31.4. The molecule has 2 atom stereocenters. The zero-order valence-electron chi connectivity index (χ0n) is 46.4. The van der Waals surface area contributed by atoms with E-state index in [9.17, 15) is 0 Å². The van der Waals surface area contributed by atoms with Gasteiger partial charge in [-0.15, -0.1) is 0 Å². The maximum Gasteiger partial charge on any atom is 0.160 e. The average Bonchev–Trinajstić information content (AvgIpc) is 0.996. The second-order valence-corrected chi connectivity index (χ2v) is 22.2. The normalized spacial score (nSPS) is 13.8. The van der Waals surface area contributed by atoms with Gasteiger partial charge in [0.15, 0.2) is 11.6 Å². The Kier molecular flexibility index (Phi) is 11.5. The van der Waals surface area contributed by atoms with Crippen molar-refractivity contribution in [2.24, 2.45) is 0 Å². The number of aromatic nitrogens is 8. The predicted octanol–water partition coefficient (Wildman–Crippen LogP) is 18.3. The number of imidazole rings is 2. The largest absolute Gasteiger partial charge is 0.292 e. The van der Waals surface area contributed by atoms with Crippen molar-refractivity contribution in [3.05, 3.63) is 325 Å². The van der Waals surface area contributed by atoms with E-state index in [0.717, 1.165) is 112 Å². The van der Waals surface area contributed by atoms with Gasteiger partial charge in [0.1, 0.15) is 11.6 Å². The van der Waals surface area contributed by atoms with E-state index < -0.39 is 0 Å². The van der Waals surface area contributed by atoms with E-state index in [1.54, 1.807) is 0 Å². The summed E-state index contributed by atoms with van der Waals surface area (Å²) in [6.45, 7) is 0. The van der Waals surface area contributed by atoms with E-state index in [1.807, 2.05) is 60.7 Å². The quantitative estimate of drug-likeness (QED) is 0.136. The van der Waals surface area contributed by atoms with Gasteiger partial charge in [-0.2, -0.15) is 0 Å². The van der Waals surface area contributed by atoms with Gasteiger partial charge in [-0.1, -0.05) is 218 Å². The summed E-state index contributed by atoms with van der Waals surface area (Å²) in [7, 11) is 0. The topological polar surface area (TPSA) is 87.2 Å². The van der Waals surface area contributed by atoms with Crippen LogP contribution >= 0.6 is 0 Å². The first-order valence-corrected chi connectivity index (χ1v) is 29.2. The van der Waals surface area contributed by atoms with Gasteiger partial charge in [0.2, 0.25) is 0 Å². The molecule has 0 aliphatic heterocycles. The molecule has 4 heterocycles. The second-order valence-electron chi connectivity index (χ2n) is 22.2. The van der Waals surface area contributed by atoms with Crippen LogP contribution in [0.1, 0.15) is 45.2 Å². The van der Waals surface area contributed by atoms with E-state index in [2.05, 4.69) is 240 Å². The Morgan fingerprint density at radius 1 is 0.221 bits per heavy atom. The molecule has 11 aromatic carbocycles. The summed E-state index contributed by atoms with van der Waals surface area (Å²) in [6.07, 6.45) is 0. The van der Waals surface area contributed by atoms with Crippen molar-refractivity contribution in [1.29, 1.82) is 0 Å². The number of rotatable bonds is 10. The summed E-state index contributed by atoms with van der Waals surface area (Å²) in [5.41, 5.74) is 25.5. The van der Waals surface area contributed by atoms with Gasteiger partial charge >= 0.3 is 0 Å². The summed E-state index contributed by atoms with van der Waals surface area (Å²) in [5, 5.41) is 0. The molecule has 0 amide bonds. The Hall–Kier alpha value is -11.5. The number of para-hydroxylation sites is 4. The van der Waals surface area contributed by atoms with Crippen molar-refractivity contribution in [2.75, 3.05) is 0 Å². The minimum atomic E-state index is 0.0204. The van der Waals surface area contributed by atoms with Gasteiger partial charge in [0.25, 0.3) is 0 Å². The molecule has 0 radical (unpaired) electrons. The van der Waals surface area contributed by atoms with Crippen molar-refractivity contribution in [1.82, 2.24) is 39.0 Å². The van der Waals surface area contributed by atoms with E-state index in [0.29, 0.717) is 11.6 Å². The van der Waals surface area contributed by atoms with Crippen LogP contribution in [-0.2, 0) is 0 Å². The summed E-state index contributed by atoms with van der Waals surface area (Å²) in [5.74, 6) is 3.20. The van der Waals surface area contributed by atoms with E-state index >= 15 is 0 Å². The van der Waals surface area contributed by atoms with Crippen LogP contribution < -0.4 is 0 Å². The Morgan fingerprint density at radius 2 is 0.535 bits per heavy atom. The Bertz CT molecular complexity index is 4770. The van der Waals surface area contributed by atoms with E-state index in [4.69, 9.17) is 29.9 Å². The minimum absolute atomic E-state index is 0.0204. The van der Waals surface area contributed by atoms with Gasteiger partial charge in [-0.25, -0.2) is 29.9 Å². The van der Waals surface area contributed by atoms with Crippen LogP contribution in [0.2, 0.25) is 0 Å². The third-order valence-corrected chi connectivity index (χ3v) is 17.2. The molecule has 0 fully saturated rings. The molecule has 3 aliphatic carbocycles. The van der Waals surface area contributed by atoms with Crippen LogP contribution in [0, 0.1) is 0 Å². The second kappa shape index (κ2) is 20.2. The number of fused-ring (bicyclic) bond motifs is 2. The molecule has 402 valence electrons. The third kappa shape index (κ3) is 8.29. The standard InChI is InChI=1S/C78H50N8/c1-5-19-51(20-6-1)75-79-67(49-33-39-57(40-34-49)85-71-31-17-15-29-65(71)83-77(85)53-23-9-3-10-24-53)47-69(81-75)55-37-43-61-63(45-55)73-59-27-13-14-28-60(59)74(61)64-46-56(38-44-62(64)73)70-48-68(80-76(82-70)52-21-7-2-8-22-52)50-35-41-58(42-36-50)86-72-32-18-16-30-66(72)84-78(86)54-25-11-4-12-26-54/h1-48,73-74H. The molecule has 0 saturated heterocycles. The smallest absolute Gasteiger partial charge is 0.160 e. The summed E-state index contributed by atoms with van der Waals surface area (Å²) < 4.78 is 4.49. The van der Waals surface area contributed by atoms with Crippen molar-refractivity contribution in [3.8, 4) is 102 Å². The fourth-order valence-corrected chi connectivity index (χ4v) is 13.2. The van der Waals surface area contributed by atoms with E-state index in [1.165, 1.54) is 33.4 Å². The van der Waals surface area contributed by atoms with Gasteiger partial charge in [0, 0.05) is 67.7 Å². The van der Waals surface area contributed by atoms with Crippen molar-refractivity contribution < 1.29 is 0 Å². The third-order valence-electron chi connectivity index (χ3n) is 17.2. The fraction of sp³-hybridized carbons (Fsp3) is 0.0256. The fourth-order valence-electron chi connectivity index (χ4n) is 13.2. The zero-order chi connectivity index (χ0) is 56.7. The van der Waals surface area contributed by atoms with Crippen LogP contribution in [0.3, 0.4) is 0 Å². The van der Waals surface area contributed by atoms with Gasteiger partial charge in [-0.05, 0) is 106 Å². The molecule has 2 bridgehead atoms. The van der Waals surface area contributed by atoms with Crippen LogP contribution in [0.4, 0.5) is 0 Å². The molecule has 0 spiro atoms. The molecule has 86 heavy (non-hydrogen) atoms. The number of nitrogens with zero attached hydrogens (tertiary/aromatic N) is 8. The molecule has 4 aromatic heterocycles. The van der Waals surface area contributed by atoms with Crippen molar-refractivity contribution in [3.63, 3.8) is 0 Å². The van der Waals surface area contributed by atoms with Crippen LogP contribution in [0.15, 0.2) is 291 Å². The minimum Gasteiger partial charge on any atom is -0.292 e. The lowest BCUT2D eigenvalue weighted by Crippen LogP contribution is -2.27. The lowest BCUT2D eigenvalue weighted by atomic mass is 9.60. The number of hydrogen-bond acceptors (Lipinski definition) is 6. The van der Waals surface area contributed by atoms with Gasteiger partial charge in [0.05, 0.1) is 44.8 Å². The molecule has 0 saturated carbocycles. The highest BCUT2D eigenvalue weighted by atomic mass is 15.1. The predicted molar refractivity (Wildman–Crippen MR) is 345 cm³/mol. The van der Waals surface area contributed by atoms with Crippen LogP contribution in [0.25, 0.3) is 124 Å². The summed E-state index contributed by atoms with van der Waals surface area (Å²) in [6, 6.07) is 103. The highest BCUT2D eigenvalue weighted by Crippen LogP contribution is 2.57.